The highest BCUT2D eigenvalue weighted by Gasteiger charge is 2.11. The summed E-state index contributed by atoms with van der Waals surface area (Å²) in [6, 6.07) is 10.2. The van der Waals surface area contributed by atoms with E-state index in [1.165, 1.54) is 0 Å². The van der Waals surface area contributed by atoms with E-state index in [-0.39, 0.29) is 0 Å². The van der Waals surface area contributed by atoms with E-state index in [0.717, 1.165) is 0 Å². The van der Waals surface area contributed by atoms with Gasteiger partial charge in [-0.1, -0.05) is 46.4 Å². The SMILES string of the molecule is N#Cc1ccc(Cl)c(-c2cc(Cl)c(Cl)cc2Cl)c1. The molecular weight excluding hydrogens is 312 g/mol. The fourth-order valence-electron chi connectivity index (χ4n) is 1.53. The van der Waals surface area contributed by atoms with Gasteiger partial charge < -0.3 is 0 Å². The molecule has 0 bridgehead atoms. The summed E-state index contributed by atoms with van der Waals surface area (Å²) in [6.45, 7) is 0. The Bertz CT molecular complexity index is 659. The van der Waals surface area contributed by atoms with Gasteiger partial charge in [0.25, 0.3) is 0 Å². The van der Waals surface area contributed by atoms with Crippen molar-refractivity contribution in [1.29, 1.82) is 5.26 Å². The van der Waals surface area contributed by atoms with E-state index >= 15 is 0 Å². The number of halogens is 4. The third-order valence-electron chi connectivity index (χ3n) is 2.40. The van der Waals surface area contributed by atoms with Crippen LogP contribution >= 0.6 is 46.4 Å². The Morgan fingerprint density at radius 3 is 2.00 bits per heavy atom. The van der Waals surface area contributed by atoms with Crippen LogP contribution in [0, 0.1) is 11.3 Å². The molecule has 0 aliphatic heterocycles. The second-order valence-electron chi connectivity index (χ2n) is 3.55. The predicted octanol–water partition coefficient (Wildman–Crippen LogP) is 5.84. The van der Waals surface area contributed by atoms with E-state index in [1.807, 2.05) is 6.07 Å². The Labute approximate surface area is 124 Å². The van der Waals surface area contributed by atoms with Crippen LogP contribution < -0.4 is 0 Å². The topological polar surface area (TPSA) is 23.8 Å². The fraction of sp³-hybridized carbons (Fsp3) is 0. The minimum absolute atomic E-state index is 0.373. The molecule has 5 heteroatoms. The maximum absolute atomic E-state index is 8.89. The molecule has 0 spiro atoms. The van der Waals surface area contributed by atoms with Gasteiger partial charge >= 0.3 is 0 Å². The highest BCUT2D eigenvalue weighted by atomic mass is 35.5. The second-order valence-corrected chi connectivity index (χ2v) is 5.18. The lowest BCUT2D eigenvalue weighted by Crippen LogP contribution is -1.85. The molecule has 0 amide bonds. The highest BCUT2D eigenvalue weighted by Crippen LogP contribution is 2.38. The monoisotopic (exact) mass is 315 g/mol. The van der Waals surface area contributed by atoms with Crippen molar-refractivity contribution >= 4 is 46.4 Å². The molecule has 0 radical (unpaired) electrons. The third kappa shape index (κ3) is 2.58. The number of rotatable bonds is 1. The molecule has 0 saturated carbocycles. The number of hydrogen-bond donors (Lipinski definition) is 0. The molecule has 0 aliphatic rings. The van der Waals surface area contributed by atoms with Crippen LogP contribution in [0.3, 0.4) is 0 Å². The Hall–Kier alpha value is -0.910. The van der Waals surface area contributed by atoms with Crippen molar-refractivity contribution in [1.82, 2.24) is 0 Å². The minimum Gasteiger partial charge on any atom is -0.192 e. The zero-order valence-corrected chi connectivity index (χ0v) is 11.9. The van der Waals surface area contributed by atoms with Gasteiger partial charge in [0.2, 0.25) is 0 Å². The summed E-state index contributed by atoms with van der Waals surface area (Å²) >= 11 is 24.1. The Morgan fingerprint density at radius 2 is 1.33 bits per heavy atom. The molecule has 0 atom stereocenters. The first kappa shape index (κ1) is 13.5. The van der Waals surface area contributed by atoms with Gasteiger partial charge in [0, 0.05) is 16.1 Å². The summed E-state index contributed by atoms with van der Waals surface area (Å²) in [7, 11) is 0. The lowest BCUT2D eigenvalue weighted by Gasteiger charge is -2.09. The second kappa shape index (κ2) is 5.38. The Balaban J connectivity index is 2.69. The quantitative estimate of drug-likeness (QED) is 0.606. The lowest BCUT2D eigenvalue weighted by molar-refractivity contribution is 1.48. The number of benzene rings is 2. The maximum atomic E-state index is 8.89. The molecule has 0 aromatic heterocycles. The van der Waals surface area contributed by atoms with Crippen molar-refractivity contribution in [2.75, 3.05) is 0 Å². The molecule has 0 fully saturated rings. The van der Waals surface area contributed by atoms with Crippen molar-refractivity contribution in [3.63, 3.8) is 0 Å². The van der Waals surface area contributed by atoms with Gasteiger partial charge in [-0.3, -0.25) is 0 Å². The van der Waals surface area contributed by atoms with Crippen molar-refractivity contribution in [3.05, 3.63) is 56.0 Å². The van der Waals surface area contributed by atoms with E-state index in [9.17, 15) is 0 Å². The van der Waals surface area contributed by atoms with E-state index < -0.39 is 0 Å². The van der Waals surface area contributed by atoms with Crippen molar-refractivity contribution in [3.8, 4) is 17.2 Å². The van der Waals surface area contributed by atoms with Gasteiger partial charge in [-0.25, -0.2) is 0 Å². The summed E-state index contributed by atoms with van der Waals surface area (Å²) in [5.74, 6) is 0. The van der Waals surface area contributed by atoms with Gasteiger partial charge in [-0.2, -0.15) is 5.26 Å². The molecule has 1 nitrogen and oxygen atoms in total. The predicted molar refractivity (Wildman–Crippen MR) is 76.6 cm³/mol. The Morgan fingerprint density at radius 1 is 0.722 bits per heavy atom. The van der Waals surface area contributed by atoms with Crippen LogP contribution in [0.5, 0.6) is 0 Å². The van der Waals surface area contributed by atoms with Crippen LogP contribution in [0.4, 0.5) is 0 Å². The van der Waals surface area contributed by atoms with Gasteiger partial charge in [0.1, 0.15) is 0 Å². The van der Waals surface area contributed by atoms with Crippen LogP contribution in [-0.4, -0.2) is 0 Å². The molecule has 0 aliphatic carbocycles. The van der Waals surface area contributed by atoms with Crippen LogP contribution in [-0.2, 0) is 0 Å². The maximum Gasteiger partial charge on any atom is 0.0991 e. The van der Waals surface area contributed by atoms with Crippen LogP contribution in [0.25, 0.3) is 11.1 Å². The molecule has 2 aromatic carbocycles. The standard InChI is InChI=1S/C13H5Cl4N/c14-10-2-1-7(6-18)3-8(10)9-4-12(16)13(17)5-11(9)15/h1-5H. The summed E-state index contributed by atoms with van der Waals surface area (Å²) in [4.78, 5) is 0. The number of nitriles is 1. The average Bonchev–Trinajstić information content (AvgIpc) is 2.35. The lowest BCUT2D eigenvalue weighted by atomic mass is 10.0. The molecule has 2 aromatic rings. The van der Waals surface area contributed by atoms with E-state index in [1.54, 1.807) is 30.3 Å². The number of nitrogens with zero attached hydrogens (tertiary/aromatic N) is 1. The van der Waals surface area contributed by atoms with Crippen LogP contribution in [0.2, 0.25) is 20.1 Å². The van der Waals surface area contributed by atoms with Crippen LogP contribution in [0.15, 0.2) is 30.3 Å². The van der Waals surface area contributed by atoms with Crippen molar-refractivity contribution in [2.45, 2.75) is 0 Å². The molecule has 0 saturated heterocycles. The molecule has 2 rings (SSSR count). The van der Waals surface area contributed by atoms with Crippen molar-refractivity contribution in [2.24, 2.45) is 0 Å². The normalized spacial score (nSPS) is 10.2. The summed E-state index contributed by atoms with van der Waals surface area (Å²) in [5.41, 5.74) is 1.80. The van der Waals surface area contributed by atoms with Gasteiger partial charge in [-0.05, 0) is 30.3 Å². The number of hydrogen-bond acceptors (Lipinski definition) is 1. The largest absolute Gasteiger partial charge is 0.192 e. The molecule has 90 valence electrons. The Kier molecular flexibility index (Phi) is 4.04. The molecule has 0 unspecified atom stereocenters. The minimum atomic E-state index is 0.373. The summed E-state index contributed by atoms with van der Waals surface area (Å²) in [6.07, 6.45) is 0. The highest BCUT2D eigenvalue weighted by molar-refractivity contribution is 6.44. The zero-order chi connectivity index (χ0) is 13.3. The molecule has 18 heavy (non-hydrogen) atoms. The van der Waals surface area contributed by atoms with E-state index in [0.29, 0.717) is 36.8 Å². The summed E-state index contributed by atoms with van der Waals surface area (Å²) in [5, 5.41) is 10.6. The molecular formula is C13H5Cl4N. The first-order chi connectivity index (χ1) is 8.52. The first-order valence-electron chi connectivity index (χ1n) is 4.87. The smallest absolute Gasteiger partial charge is 0.0991 e. The molecule has 0 heterocycles. The van der Waals surface area contributed by atoms with Gasteiger partial charge in [0.05, 0.1) is 26.7 Å². The van der Waals surface area contributed by atoms with E-state index in [4.69, 9.17) is 51.7 Å². The molecule has 0 N–H and O–H groups in total. The third-order valence-corrected chi connectivity index (χ3v) is 3.76. The van der Waals surface area contributed by atoms with Crippen molar-refractivity contribution < 1.29 is 0 Å². The zero-order valence-electron chi connectivity index (χ0n) is 8.85. The fourth-order valence-corrected chi connectivity index (χ4v) is 2.40. The summed E-state index contributed by atoms with van der Waals surface area (Å²) < 4.78 is 0. The average molecular weight is 317 g/mol. The van der Waals surface area contributed by atoms with Gasteiger partial charge in [-0.15, -0.1) is 0 Å². The van der Waals surface area contributed by atoms with Gasteiger partial charge in [0.15, 0.2) is 0 Å². The van der Waals surface area contributed by atoms with Crippen LogP contribution in [0.1, 0.15) is 5.56 Å². The van der Waals surface area contributed by atoms with E-state index in [2.05, 4.69) is 0 Å². The first-order valence-corrected chi connectivity index (χ1v) is 6.38.